The van der Waals surface area contributed by atoms with Crippen LogP contribution in [0.3, 0.4) is 0 Å². The van der Waals surface area contributed by atoms with Gasteiger partial charge in [0, 0.05) is 6.04 Å². The minimum absolute atomic E-state index is 0.211. The highest BCUT2D eigenvalue weighted by atomic mass is 32.2. The van der Waals surface area contributed by atoms with Crippen LogP contribution in [0.15, 0.2) is 0 Å². The Hall–Kier alpha value is -0.130. The summed E-state index contributed by atoms with van der Waals surface area (Å²) in [7, 11) is -1.58. The quantitative estimate of drug-likeness (QED) is 0.726. The van der Waals surface area contributed by atoms with E-state index < -0.39 is 10.0 Å². The summed E-state index contributed by atoms with van der Waals surface area (Å²) in [6, 6.07) is 0.551. The molecule has 0 saturated heterocycles. The summed E-state index contributed by atoms with van der Waals surface area (Å²) < 4.78 is 24.9. The van der Waals surface area contributed by atoms with Crippen molar-refractivity contribution in [3.63, 3.8) is 0 Å². The van der Waals surface area contributed by atoms with Gasteiger partial charge >= 0.3 is 0 Å². The predicted molar refractivity (Wildman–Crippen MR) is 76.1 cm³/mol. The van der Waals surface area contributed by atoms with Gasteiger partial charge in [0.25, 0.3) is 0 Å². The van der Waals surface area contributed by atoms with Crippen molar-refractivity contribution in [1.82, 2.24) is 10.0 Å². The van der Waals surface area contributed by atoms with E-state index in [1.54, 1.807) is 0 Å². The van der Waals surface area contributed by atoms with Gasteiger partial charge in [-0.05, 0) is 50.6 Å². The van der Waals surface area contributed by atoms with Gasteiger partial charge in [0.1, 0.15) is 0 Å². The minimum atomic E-state index is -3.04. The van der Waals surface area contributed by atoms with Crippen LogP contribution in [0, 0.1) is 11.3 Å². The third-order valence-corrected chi connectivity index (χ3v) is 5.45. The van der Waals surface area contributed by atoms with E-state index in [1.165, 1.54) is 26.3 Å². The first-order chi connectivity index (χ1) is 8.26. The third-order valence-electron chi connectivity index (χ3n) is 4.00. The van der Waals surface area contributed by atoms with Gasteiger partial charge in [-0.15, -0.1) is 0 Å². The molecular weight excluding hydrogens is 248 g/mol. The van der Waals surface area contributed by atoms with Crippen LogP contribution >= 0.6 is 0 Å². The molecular formula is C13H28N2O2S. The van der Waals surface area contributed by atoms with Crippen molar-refractivity contribution < 1.29 is 8.42 Å². The van der Waals surface area contributed by atoms with Crippen molar-refractivity contribution in [2.45, 2.75) is 52.5 Å². The van der Waals surface area contributed by atoms with Crippen molar-refractivity contribution in [2.75, 3.05) is 19.3 Å². The molecule has 18 heavy (non-hydrogen) atoms. The molecule has 0 aromatic carbocycles. The summed E-state index contributed by atoms with van der Waals surface area (Å²) >= 11 is 0. The van der Waals surface area contributed by atoms with E-state index in [-0.39, 0.29) is 5.75 Å². The average Bonchev–Trinajstić information content (AvgIpc) is 2.26. The Morgan fingerprint density at radius 1 is 1.33 bits per heavy atom. The number of hydrogen-bond donors (Lipinski definition) is 2. The van der Waals surface area contributed by atoms with E-state index in [0.29, 0.717) is 23.8 Å². The number of rotatable bonds is 6. The molecule has 1 aliphatic carbocycles. The Morgan fingerprint density at radius 3 is 2.56 bits per heavy atom. The molecule has 1 rings (SSSR count). The van der Waals surface area contributed by atoms with Crippen molar-refractivity contribution in [3.8, 4) is 0 Å². The molecule has 0 heterocycles. The molecule has 0 aromatic rings. The molecule has 0 amide bonds. The summed E-state index contributed by atoms with van der Waals surface area (Å²) in [5.74, 6) is 0.887. The maximum atomic E-state index is 11.3. The molecule has 4 nitrogen and oxygen atoms in total. The smallest absolute Gasteiger partial charge is 0.211 e. The first-order valence-corrected chi connectivity index (χ1v) is 8.55. The third kappa shape index (κ3) is 5.24. The monoisotopic (exact) mass is 276 g/mol. The molecule has 1 fully saturated rings. The molecule has 0 aliphatic heterocycles. The van der Waals surface area contributed by atoms with Crippen molar-refractivity contribution >= 4 is 10.0 Å². The Balaban J connectivity index is 2.25. The first kappa shape index (κ1) is 15.9. The zero-order valence-corrected chi connectivity index (χ0v) is 12.9. The van der Waals surface area contributed by atoms with Crippen LogP contribution in [0.2, 0.25) is 0 Å². The average molecular weight is 276 g/mol. The van der Waals surface area contributed by atoms with Gasteiger partial charge in [0.2, 0.25) is 10.0 Å². The van der Waals surface area contributed by atoms with Gasteiger partial charge in [-0.1, -0.05) is 20.8 Å². The molecule has 0 spiro atoms. The summed E-state index contributed by atoms with van der Waals surface area (Å²) in [6.07, 6.45) is 4.38. The second kappa shape index (κ2) is 6.35. The molecule has 108 valence electrons. The van der Waals surface area contributed by atoms with Gasteiger partial charge in [-0.3, -0.25) is 0 Å². The summed E-state index contributed by atoms with van der Waals surface area (Å²) in [5.41, 5.74) is 0.465. The molecule has 1 saturated carbocycles. The fourth-order valence-corrected chi connectivity index (χ4v) is 3.63. The summed E-state index contributed by atoms with van der Waals surface area (Å²) in [5, 5.41) is 3.51. The summed E-state index contributed by atoms with van der Waals surface area (Å²) in [6.45, 7) is 7.75. The fraction of sp³-hybridized carbons (Fsp3) is 1.00. The molecule has 2 N–H and O–H groups in total. The maximum Gasteiger partial charge on any atom is 0.211 e. The Bertz CT molecular complexity index is 352. The largest absolute Gasteiger partial charge is 0.314 e. The fourth-order valence-electron chi connectivity index (χ4n) is 2.90. The maximum absolute atomic E-state index is 11.3. The number of sulfonamides is 1. The molecule has 2 atom stereocenters. The van der Waals surface area contributed by atoms with E-state index in [1.807, 2.05) is 0 Å². The van der Waals surface area contributed by atoms with Crippen LogP contribution in [0.5, 0.6) is 0 Å². The van der Waals surface area contributed by atoms with Crippen LogP contribution in [0.4, 0.5) is 0 Å². The highest BCUT2D eigenvalue weighted by Gasteiger charge is 2.31. The molecule has 0 bridgehead atoms. The van der Waals surface area contributed by atoms with Crippen LogP contribution in [0.1, 0.15) is 46.5 Å². The Morgan fingerprint density at radius 2 is 2.00 bits per heavy atom. The van der Waals surface area contributed by atoms with E-state index >= 15 is 0 Å². The van der Waals surface area contributed by atoms with Crippen LogP contribution in [-0.4, -0.2) is 33.8 Å². The lowest BCUT2D eigenvalue weighted by atomic mass is 9.70. The van der Waals surface area contributed by atoms with Gasteiger partial charge in [0.05, 0.1) is 5.75 Å². The van der Waals surface area contributed by atoms with Gasteiger partial charge in [-0.2, -0.15) is 0 Å². The lowest BCUT2D eigenvalue weighted by molar-refractivity contribution is 0.149. The van der Waals surface area contributed by atoms with Crippen LogP contribution < -0.4 is 10.0 Å². The highest BCUT2D eigenvalue weighted by Crippen LogP contribution is 2.38. The minimum Gasteiger partial charge on any atom is -0.314 e. The van der Waals surface area contributed by atoms with Crippen molar-refractivity contribution in [1.29, 1.82) is 0 Å². The highest BCUT2D eigenvalue weighted by molar-refractivity contribution is 7.89. The summed E-state index contributed by atoms with van der Waals surface area (Å²) in [4.78, 5) is 0. The van der Waals surface area contributed by atoms with E-state index in [9.17, 15) is 8.42 Å². The van der Waals surface area contributed by atoms with Gasteiger partial charge in [0.15, 0.2) is 0 Å². The molecule has 1 aliphatic rings. The molecule has 0 radical (unpaired) electrons. The molecule has 5 heteroatoms. The van der Waals surface area contributed by atoms with E-state index in [2.05, 4.69) is 30.8 Å². The second-order valence-corrected chi connectivity index (χ2v) is 8.37. The number of hydrogen-bond acceptors (Lipinski definition) is 3. The van der Waals surface area contributed by atoms with Crippen LogP contribution in [-0.2, 0) is 10.0 Å². The Kier molecular flexibility index (Phi) is 5.62. The molecule has 0 aromatic heterocycles. The van der Waals surface area contributed by atoms with Gasteiger partial charge in [-0.25, -0.2) is 13.1 Å². The standard InChI is InChI=1S/C13H28N2O2S/c1-11-10-13(2,3)7-6-12(11)15-8-5-9-18(16,17)14-4/h11-12,14-15H,5-10H2,1-4H3. The Labute approximate surface area is 112 Å². The lowest BCUT2D eigenvalue weighted by Crippen LogP contribution is -2.42. The van der Waals surface area contributed by atoms with Crippen LogP contribution in [0.25, 0.3) is 0 Å². The first-order valence-electron chi connectivity index (χ1n) is 6.90. The topological polar surface area (TPSA) is 58.2 Å². The SMILES string of the molecule is CNS(=O)(=O)CCCNC1CCC(C)(C)CC1C. The van der Waals surface area contributed by atoms with E-state index in [4.69, 9.17) is 0 Å². The van der Waals surface area contributed by atoms with E-state index in [0.717, 1.165) is 6.54 Å². The zero-order chi connectivity index (χ0) is 13.8. The normalized spacial score (nSPS) is 28.2. The number of nitrogens with one attached hydrogen (secondary N) is 2. The van der Waals surface area contributed by atoms with Crippen molar-refractivity contribution in [3.05, 3.63) is 0 Å². The van der Waals surface area contributed by atoms with Crippen molar-refractivity contribution in [2.24, 2.45) is 11.3 Å². The molecule has 2 unspecified atom stereocenters. The lowest BCUT2D eigenvalue weighted by Gasteiger charge is -2.39. The second-order valence-electron chi connectivity index (χ2n) is 6.32. The predicted octanol–water partition coefficient (Wildman–Crippen LogP) is 1.73. The van der Waals surface area contributed by atoms with Gasteiger partial charge < -0.3 is 5.32 Å². The zero-order valence-electron chi connectivity index (χ0n) is 12.1.